The van der Waals surface area contributed by atoms with Crippen LogP contribution in [0.15, 0.2) is 29.3 Å². The summed E-state index contributed by atoms with van der Waals surface area (Å²) in [6.45, 7) is 4.21. The Kier molecular flexibility index (Phi) is 5.89. The Balaban J connectivity index is 2.41. The van der Waals surface area contributed by atoms with Crippen LogP contribution in [0.25, 0.3) is 10.2 Å². The normalized spacial score (nSPS) is 11.8. The number of para-hydroxylation sites is 1. The van der Waals surface area contributed by atoms with Crippen molar-refractivity contribution < 1.29 is 14.3 Å². The topological polar surface area (TPSA) is 60.7 Å². The lowest BCUT2D eigenvalue weighted by molar-refractivity contribution is -0.143. The smallest absolute Gasteiger partial charge is 0.326 e. The predicted octanol–water partition coefficient (Wildman–Crippen LogP) is 2.88. The molecule has 2 rings (SSSR count). The van der Waals surface area contributed by atoms with Crippen LogP contribution in [-0.2, 0) is 20.9 Å². The average Bonchev–Trinajstić information content (AvgIpc) is 2.83. The van der Waals surface area contributed by atoms with Gasteiger partial charge in [-0.2, -0.15) is 4.99 Å². The molecular formula is C16H20N2O3S. The van der Waals surface area contributed by atoms with Crippen molar-refractivity contribution >= 4 is 33.4 Å². The van der Waals surface area contributed by atoms with Gasteiger partial charge in [-0.1, -0.05) is 36.8 Å². The molecule has 1 aromatic carbocycles. The van der Waals surface area contributed by atoms with Crippen molar-refractivity contribution in [1.29, 1.82) is 0 Å². The zero-order chi connectivity index (χ0) is 15.9. The number of amides is 1. The summed E-state index contributed by atoms with van der Waals surface area (Å²) in [6.07, 6.45) is 2.21. The van der Waals surface area contributed by atoms with Gasteiger partial charge >= 0.3 is 5.97 Å². The van der Waals surface area contributed by atoms with Crippen LogP contribution in [-0.4, -0.2) is 23.1 Å². The lowest BCUT2D eigenvalue weighted by Crippen LogP contribution is -2.23. The monoisotopic (exact) mass is 320 g/mol. The molecule has 0 fully saturated rings. The molecule has 0 N–H and O–H groups in total. The summed E-state index contributed by atoms with van der Waals surface area (Å²) in [6, 6.07) is 7.70. The second kappa shape index (κ2) is 7.89. The largest absolute Gasteiger partial charge is 0.465 e. The van der Waals surface area contributed by atoms with Crippen molar-refractivity contribution in [3.63, 3.8) is 0 Å². The lowest BCUT2D eigenvalue weighted by atomic mass is 10.2. The molecule has 0 radical (unpaired) electrons. The van der Waals surface area contributed by atoms with Crippen LogP contribution < -0.4 is 4.80 Å². The predicted molar refractivity (Wildman–Crippen MR) is 86.5 cm³/mol. The number of rotatable bonds is 6. The summed E-state index contributed by atoms with van der Waals surface area (Å²) in [5, 5.41) is 0. The van der Waals surface area contributed by atoms with E-state index in [0.29, 0.717) is 17.8 Å². The molecule has 5 nitrogen and oxygen atoms in total. The Morgan fingerprint density at radius 1 is 1.27 bits per heavy atom. The Morgan fingerprint density at radius 2 is 2.05 bits per heavy atom. The molecule has 118 valence electrons. The third-order valence-electron chi connectivity index (χ3n) is 3.15. The van der Waals surface area contributed by atoms with E-state index in [9.17, 15) is 9.59 Å². The van der Waals surface area contributed by atoms with E-state index in [1.54, 1.807) is 11.5 Å². The number of carbonyl (C=O) groups is 2. The number of nitrogens with zero attached hydrogens (tertiary/aromatic N) is 2. The first-order valence-electron chi connectivity index (χ1n) is 7.47. The number of hydrogen-bond acceptors (Lipinski definition) is 4. The van der Waals surface area contributed by atoms with Crippen molar-refractivity contribution in [2.75, 3.05) is 6.61 Å². The maximum atomic E-state index is 11.9. The van der Waals surface area contributed by atoms with E-state index in [1.807, 2.05) is 31.2 Å². The van der Waals surface area contributed by atoms with E-state index in [1.165, 1.54) is 11.3 Å². The molecule has 1 aromatic heterocycles. The number of carbonyl (C=O) groups excluding carboxylic acids is 2. The van der Waals surface area contributed by atoms with Gasteiger partial charge < -0.3 is 9.30 Å². The Hall–Kier alpha value is -1.95. The fourth-order valence-electron chi connectivity index (χ4n) is 2.09. The summed E-state index contributed by atoms with van der Waals surface area (Å²) in [5.74, 6) is -0.473. The van der Waals surface area contributed by atoms with Crippen LogP contribution >= 0.6 is 11.3 Å². The first-order chi connectivity index (χ1) is 10.7. The van der Waals surface area contributed by atoms with Crippen molar-refractivity contribution in [3.8, 4) is 0 Å². The van der Waals surface area contributed by atoms with Gasteiger partial charge in [-0.3, -0.25) is 9.59 Å². The van der Waals surface area contributed by atoms with Crippen LogP contribution in [0.2, 0.25) is 0 Å². The Morgan fingerprint density at radius 3 is 2.77 bits per heavy atom. The van der Waals surface area contributed by atoms with E-state index in [2.05, 4.69) is 4.99 Å². The van der Waals surface area contributed by atoms with Crippen LogP contribution in [0.3, 0.4) is 0 Å². The first kappa shape index (κ1) is 16.4. The van der Waals surface area contributed by atoms with E-state index in [4.69, 9.17) is 4.74 Å². The summed E-state index contributed by atoms with van der Waals surface area (Å²) >= 11 is 1.41. The molecule has 2 aromatic rings. The molecule has 0 bridgehead atoms. The minimum Gasteiger partial charge on any atom is -0.465 e. The molecule has 0 atom stereocenters. The number of hydrogen-bond donors (Lipinski definition) is 0. The van der Waals surface area contributed by atoms with Gasteiger partial charge in [-0.15, -0.1) is 0 Å². The molecule has 0 aliphatic rings. The summed E-state index contributed by atoms with van der Waals surface area (Å²) in [7, 11) is 0. The van der Waals surface area contributed by atoms with E-state index in [-0.39, 0.29) is 18.4 Å². The van der Waals surface area contributed by atoms with Gasteiger partial charge in [0.2, 0.25) is 5.91 Å². The highest BCUT2D eigenvalue weighted by molar-refractivity contribution is 7.16. The summed E-state index contributed by atoms with van der Waals surface area (Å²) in [4.78, 5) is 28.5. The van der Waals surface area contributed by atoms with Crippen LogP contribution in [0.5, 0.6) is 0 Å². The second-order valence-corrected chi connectivity index (χ2v) is 5.86. The Labute approximate surface area is 133 Å². The van der Waals surface area contributed by atoms with E-state index >= 15 is 0 Å². The van der Waals surface area contributed by atoms with E-state index < -0.39 is 0 Å². The molecule has 0 unspecified atom stereocenters. The minimum absolute atomic E-state index is 0.0672. The molecule has 0 saturated carbocycles. The maximum Gasteiger partial charge on any atom is 0.326 e. The second-order valence-electron chi connectivity index (χ2n) is 4.85. The van der Waals surface area contributed by atoms with Gasteiger partial charge in [0.15, 0.2) is 4.80 Å². The molecule has 1 heterocycles. The summed E-state index contributed by atoms with van der Waals surface area (Å²) in [5.41, 5.74) is 0.891. The lowest BCUT2D eigenvalue weighted by Gasteiger charge is -2.04. The zero-order valence-electron chi connectivity index (χ0n) is 12.9. The third-order valence-corrected chi connectivity index (χ3v) is 4.20. The minimum atomic E-state index is -0.325. The molecule has 0 aliphatic heterocycles. The first-order valence-corrected chi connectivity index (χ1v) is 8.29. The zero-order valence-corrected chi connectivity index (χ0v) is 13.7. The highest BCUT2D eigenvalue weighted by Gasteiger charge is 2.11. The van der Waals surface area contributed by atoms with Gasteiger partial charge in [-0.25, -0.2) is 0 Å². The molecule has 0 spiro atoms. The molecule has 0 saturated heterocycles. The fraction of sp³-hybridized carbons (Fsp3) is 0.438. The van der Waals surface area contributed by atoms with Crippen molar-refractivity contribution in [1.82, 2.24) is 4.57 Å². The number of thiazole rings is 1. The number of fused-ring (bicyclic) bond motifs is 1. The van der Waals surface area contributed by atoms with Crippen LogP contribution in [0.4, 0.5) is 0 Å². The molecule has 6 heteroatoms. The quantitative estimate of drug-likeness (QED) is 0.769. The van der Waals surface area contributed by atoms with Gasteiger partial charge in [-0.05, 0) is 25.5 Å². The Bertz CT molecular complexity index is 730. The number of ether oxygens (including phenoxy) is 1. The van der Waals surface area contributed by atoms with Gasteiger partial charge in [0.1, 0.15) is 6.54 Å². The molecule has 0 aliphatic carbocycles. The van der Waals surface area contributed by atoms with Crippen molar-refractivity contribution in [2.24, 2.45) is 4.99 Å². The molecular weight excluding hydrogens is 300 g/mol. The molecule has 1 amide bonds. The van der Waals surface area contributed by atoms with Gasteiger partial charge in [0.05, 0.1) is 16.8 Å². The summed E-state index contributed by atoms with van der Waals surface area (Å²) < 4.78 is 7.75. The molecule has 22 heavy (non-hydrogen) atoms. The number of unbranched alkanes of at least 4 members (excludes halogenated alkanes) is 1. The van der Waals surface area contributed by atoms with Gasteiger partial charge in [0.25, 0.3) is 0 Å². The number of aromatic nitrogens is 1. The van der Waals surface area contributed by atoms with Gasteiger partial charge in [0, 0.05) is 6.42 Å². The fourth-order valence-corrected chi connectivity index (χ4v) is 3.13. The average molecular weight is 320 g/mol. The van der Waals surface area contributed by atoms with Crippen LogP contribution in [0.1, 0.15) is 33.1 Å². The number of esters is 1. The highest BCUT2D eigenvalue weighted by atomic mass is 32.1. The standard InChI is InChI=1S/C16H20N2O3S/c1-3-5-10-14(19)17-16-18(11-15(20)21-4-2)12-8-6-7-9-13(12)22-16/h6-9H,3-5,10-11H2,1-2H3. The highest BCUT2D eigenvalue weighted by Crippen LogP contribution is 2.16. The van der Waals surface area contributed by atoms with Crippen molar-refractivity contribution in [2.45, 2.75) is 39.7 Å². The maximum absolute atomic E-state index is 11.9. The third kappa shape index (κ3) is 4.04. The van der Waals surface area contributed by atoms with E-state index in [0.717, 1.165) is 23.1 Å². The SMILES string of the molecule is CCCCC(=O)N=c1sc2ccccc2n1CC(=O)OCC. The van der Waals surface area contributed by atoms with Crippen molar-refractivity contribution in [3.05, 3.63) is 29.1 Å². The number of benzene rings is 1. The van der Waals surface area contributed by atoms with Crippen LogP contribution in [0, 0.1) is 0 Å².